The molecular weight excluding hydrogens is 347 g/mol. The Kier molecular flexibility index (Phi) is 6.11. The number of carbonyl (C=O) groups excluding carboxylic acids is 1. The Bertz CT molecular complexity index is 777. The second-order valence-corrected chi connectivity index (χ2v) is 7.14. The van der Waals surface area contributed by atoms with Crippen LogP contribution in [0.5, 0.6) is 5.75 Å². The molecule has 146 valence electrons. The summed E-state index contributed by atoms with van der Waals surface area (Å²) in [5.41, 5.74) is 1.00. The molecule has 1 aromatic heterocycles. The number of aromatic amines is 1. The maximum absolute atomic E-state index is 13.6. The van der Waals surface area contributed by atoms with Crippen LogP contribution in [0.15, 0.2) is 30.3 Å². The van der Waals surface area contributed by atoms with E-state index in [1.54, 1.807) is 24.3 Å². The highest BCUT2D eigenvalue weighted by Crippen LogP contribution is 2.19. The van der Waals surface area contributed by atoms with Crippen LogP contribution in [0.3, 0.4) is 0 Å². The molecule has 2 heterocycles. The Labute approximate surface area is 159 Å². The summed E-state index contributed by atoms with van der Waals surface area (Å²) < 4.78 is 19.1. The lowest BCUT2D eigenvalue weighted by Crippen LogP contribution is -2.56. The minimum Gasteiger partial charge on any atom is -0.484 e. The van der Waals surface area contributed by atoms with Crippen LogP contribution >= 0.6 is 0 Å². The maximum Gasteiger partial charge on any atom is 0.274 e. The predicted octanol–water partition coefficient (Wildman–Crippen LogP) is 3.07. The third-order valence-corrected chi connectivity index (χ3v) is 5.02. The molecular formula is C20H27FN4O2. The fourth-order valence-electron chi connectivity index (χ4n) is 3.52. The standard InChI is InChI=1S/C20H27FN4O2/c1-4-16-12-24(9-10-25(16)14(2)3)20(26)18-11-15(22-23-18)13-27-19-8-6-5-7-17(19)21/h5-8,11,14,16H,4,9-10,12-13H2,1-3H3,(H,22,23). The van der Waals surface area contributed by atoms with Crippen LogP contribution in [-0.2, 0) is 6.61 Å². The number of piperazine rings is 1. The molecule has 1 amide bonds. The molecule has 1 saturated heterocycles. The summed E-state index contributed by atoms with van der Waals surface area (Å²) in [6.07, 6.45) is 1.00. The number of hydrogen-bond acceptors (Lipinski definition) is 4. The molecule has 7 heteroatoms. The van der Waals surface area contributed by atoms with Crippen molar-refractivity contribution in [2.24, 2.45) is 0 Å². The Hall–Kier alpha value is -2.41. The summed E-state index contributed by atoms with van der Waals surface area (Å²) in [5.74, 6) is -0.317. The quantitative estimate of drug-likeness (QED) is 0.844. The first-order valence-corrected chi connectivity index (χ1v) is 9.46. The Morgan fingerprint density at radius 2 is 2.15 bits per heavy atom. The smallest absolute Gasteiger partial charge is 0.274 e. The second kappa shape index (κ2) is 8.52. The fourth-order valence-corrected chi connectivity index (χ4v) is 3.52. The highest BCUT2D eigenvalue weighted by atomic mass is 19.1. The van der Waals surface area contributed by atoms with Gasteiger partial charge in [0.05, 0.1) is 5.69 Å². The Morgan fingerprint density at radius 3 is 2.85 bits per heavy atom. The van der Waals surface area contributed by atoms with Gasteiger partial charge < -0.3 is 9.64 Å². The first-order valence-electron chi connectivity index (χ1n) is 9.46. The molecule has 1 unspecified atom stereocenters. The summed E-state index contributed by atoms with van der Waals surface area (Å²) in [6.45, 7) is 8.94. The fraction of sp³-hybridized carbons (Fsp3) is 0.500. The summed E-state index contributed by atoms with van der Waals surface area (Å²) in [5, 5.41) is 6.94. The van der Waals surface area contributed by atoms with Gasteiger partial charge in [-0.2, -0.15) is 5.10 Å². The number of hydrogen-bond donors (Lipinski definition) is 1. The number of H-pyrrole nitrogens is 1. The van der Waals surface area contributed by atoms with E-state index < -0.39 is 5.82 Å². The number of para-hydroxylation sites is 1. The van der Waals surface area contributed by atoms with E-state index in [0.29, 0.717) is 36.6 Å². The normalized spacial score (nSPS) is 18.1. The van der Waals surface area contributed by atoms with Gasteiger partial charge in [-0.3, -0.25) is 14.8 Å². The molecule has 0 radical (unpaired) electrons. The average molecular weight is 374 g/mol. The molecule has 1 aromatic carbocycles. The minimum absolute atomic E-state index is 0.0785. The van der Waals surface area contributed by atoms with E-state index in [-0.39, 0.29) is 18.3 Å². The lowest BCUT2D eigenvalue weighted by Gasteiger charge is -2.43. The van der Waals surface area contributed by atoms with E-state index in [1.807, 2.05) is 4.90 Å². The van der Waals surface area contributed by atoms with Gasteiger partial charge in [-0.05, 0) is 38.5 Å². The summed E-state index contributed by atoms with van der Waals surface area (Å²) in [6, 6.07) is 8.75. The van der Waals surface area contributed by atoms with Crippen molar-refractivity contribution in [1.29, 1.82) is 0 Å². The molecule has 3 rings (SSSR count). The molecule has 1 atom stereocenters. The van der Waals surface area contributed by atoms with Crippen molar-refractivity contribution in [3.8, 4) is 5.75 Å². The van der Waals surface area contributed by atoms with Gasteiger partial charge in [-0.25, -0.2) is 4.39 Å². The molecule has 27 heavy (non-hydrogen) atoms. The van der Waals surface area contributed by atoms with Crippen molar-refractivity contribution in [2.45, 2.75) is 45.9 Å². The van der Waals surface area contributed by atoms with Crippen molar-refractivity contribution in [2.75, 3.05) is 19.6 Å². The molecule has 0 bridgehead atoms. The molecule has 1 aliphatic rings. The third kappa shape index (κ3) is 4.47. The van der Waals surface area contributed by atoms with Gasteiger partial charge in [-0.1, -0.05) is 19.1 Å². The third-order valence-electron chi connectivity index (χ3n) is 5.02. The van der Waals surface area contributed by atoms with Crippen LogP contribution in [0, 0.1) is 5.82 Å². The number of amides is 1. The van der Waals surface area contributed by atoms with Crippen molar-refractivity contribution < 1.29 is 13.9 Å². The number of carbonyl (C=O) groups is 1. The Balaban J connectivity index is 1.61. The molecule has 2 aromatic rings. The molecule has 1 fully saturated rings. The van der Waals surface area contributed by atoms with E-state index in [0.717, 1.165) is 13.0 Å². The van der Waals surface area contributed by atoms with Gasteiger partial charge in [0.25, 0.3) is 5.91 Å². The van der Waals surface area contributed by atoms with Crippen molar-refractivity contribution in [3.63, 3.8) is 0 Å². The Morgan fingerprint density at radius 1 is 1.37 bits per heavy atom. The van der Waals surface area contributed by atoms with Crippen molar-refractivity contribution in [3.05, 3.63) is 47.5 Å². The van der Waals surface area contributed by atoms with E-state index in [2.05, 4.69) is 35.9 Å². The number of nitrogens with zero attached hydrogens (tertiary/aromatic N) is 3. The number of rotatable bonds is 6. The van der Waals surface area contributed by atoms with E-state index >= 15 is 0 Å². The number of nitrogens with one attached hydrogen (secondary N) is 1. The van der Waals surface area contributed by atoms with Gasteiger partial charge in [-0.15, -0.1) is 0 Å². The molecule has 1 aliphatic heterocycles. The molecule has 6 nitrogen and oxygen atoms in total. The zero-order valence-corrected chi connectivity index (χ0v) is 16.1. The van der Waals surface area contributed by atoms with Crippen LogP contribution < -0.4 is 4.74 Å². The lowest BCUT2D eigenvalue weighted by atomic mass is 10.1. The highest BCUT2D eigenvalue weighted by molar-refractivity contribution is 5.92. The van der Waals surface area contributed by atoms with E-state index in [9.17, 15) is 9.18 Å². The molecule has 1 N–H and O–H groups in total. The van der Waals surface area contributed by atoms with Gasteiger partial charge >= 0.3 is 0 Å². The second-order valence-electron chi connectivity index (χ2n) is 7.14. The zero-order chi connectivity index (χ0) is 19.4. The van der Waals surface area contributed by atoms with E-state index in [4.69, 9.17) is 4.74 Å². The van der Waals surface area contributed by atoms with Gasteiger partial charge in [0.2, 0.25) is 0 Å². The SMILES string of the molecule is CCC1CN(C(=O)c2cc(COc3ccccc3F)[nH]n2)CCN1C(C)C. The summed E-state index contributed by atoms with van der Waals surface area (Å²) in [7, 11) is 0. The number of aromatic nitrogens is 2. The van der Waals surface area contributed by atoms with Crippen LogP contribution in [0.25, 0.3) is 0 Å². The van der Waals surface area contributed by atoms with Gasteiger partial charge in [0.15, 0.2) is 17.3 Å². The molecule has 0 spiro atoms. The average Bonchev–Trinajstić information content (AvgIpc) is 3.15. The van der Waals surface area contributed by atoms with Gasteiger partial charge in [0.1, 0.15) is 6.61 Å². The highest BCUT2D eigenvalue weighted by Gasteiger charge is 2.31. The topological polar surface area (TPSA) is 61.5 Å². The molecule has 0 saturated carbocycles. The first-order chi connectivity index (χ1) is 13.0. The predicted molar refractivity (Wildman–Crippen MR) is 101 cm³/mol. The number of ether oxygens (including phenoxy) is 1. The lowest BCUT2D eigenvalue weighted by molar-refractivity contribution is 0.0367. The largest absolute Gasteiger partial charge is 0.484 e. The first kappa shape index (κ1) is 19.4. The number of halogens is 1. The van der Waals surface area contributed by atoms with Crippen LogP contribution in [-0.4, -0.2) is 57.6 Å². The van der Waals surface area contributed by atoms with Gasteiger partial charge in [0, 0.05) is 31.7 Å². The number of benzene rings is 1. The zero-order valence-electron chi connectivity index (χ0n) is 16.1. The maximum atomic E-state index is 13.6. The van der Waals surface area contributed by atoms with Crippen LogP contribution in [0.2, 0.25) is 0 Å². The molecule has 0 aliphatic carbocycles. The summed E-state index contributed by atoms with van der Waals surface area (Å²) >= 11 is 0. The summed E-state index contributed by atoms with van der Waals surface area (Å²) in [4.78, 5) is 17.1. The van der Waals surface area contributed by atoms with Crippen LogP contribution in [0.1, 0.15) is 43.4 Å². The van der Waals surface area contributed by atoms with Crippen LogP contribution in [0.4, 0.5) is 4.39 Å². The van der Waals surface area contributed by atoms with Crippen molar-refractivity contribution >= 4 is 5.91 Å². The minimum atomic E-state index is -0.415. The monoisotopic (exact) mass is 374 g/mol. The van der Waals surface area contributed by atoms with Crippen molar-refractivity contribution in [1.82, 2.24) is 20.0 Å². The van der Waals surface area contributed by atoms with E-state index in [1.165, 1.54) is 6.07 Å².